The molecule has 0 fully saturated rings. The minimum atomic E-state index is -0.254. The Bertz CT molecular complexity index is 913. The summed E-state index contributed by atoms with van der Waals surface area (Å²) in [5.41, 5.74) is 2.72. The summed E-state index contributed by atoms with van der Waals surface area (Å²) >= 11 is 0. The van der Waals surface area contributed by atoms with Crippen molar-refractivity contribution in [3.63, 3.8) is 0 Å². The van der Waals surface area contributed by atoms with Gasteiger partial charge < -0.3 is 19.2 Å². The number of fused-ring (bicyclic) bond motifs is 1. The summed E-state index contributed by atoms with van der Waals surface area (Å²) < 4.78 is 16.2. The molecule has 1 heterocycles. The van der Waals surface area contributed by atoms with Gasteiger partial charge in [-0.05, 0) is 49.2 Å². The lowest BCUT2D eigenvalue weighted by Crippen LogP contribution is -2.26. The van der Waals surface area contributed by atoms with E-state index >= 15 is 0 Å². The number of carbonyl (C=O) groups excluding carboxylic acids is 1. The summed E-state index contributed by atoms with van der Waals surface area (Å²) in [7, 11) is 3.17. The number of hydrogen-bond donors (Lipinski definition) is 1. The third-order valence-corrected chi connectivity index (χ3v) is 4.15. The number of ether oxygens (including phenoxy) is 2. The first-order chi connectivity index (χ1) is 12.0. The first-order valence-corrected chi connectivity index (χ1v) is 8.05. The number of aryl methyl sites for hydroxylation is 1. The molecule has 2 aromatic carbocycles. The molecule has 130 valence electrons. The van der Waals surface area contributed by atoms with Crippen molar-refractivity contribution in [3.8, 4) is 11.5 Å². The van der Waals surface area contributed by atoms with Gasteiger partial charge >= 0.3 is 0 Å². The highest BCUT2D eigenvalue weighted by molar-refractivity contribution is 5.96. The Balaban J connectivity index is 1.79. The second-order valence-electron chi connectivity index (χ2n) is 5.96. The van der Waals surface area contributed by atoms with Gasteiger partial charge in [0.1, 0.15) is 5.58 Å². The van der Waals surface area contributed by atoms with Gasteiger partial charge in [-0.25, -0.2) is 0 Å². The van der Waals surface area contributed by atoms with Crippen LogP contribution in [-0.4, -0.2) is 20.1 Å². The third-order valence-electron chi connectivity index (χ3n) is 4.15. The van der Waals surface area contributed by atoms with Gasteiger partial charge in [-0.2, -0.15) is 0 Å². The smallest absolute Gasteiger partial charge is 0.287 e. The minimum absolute atomic E-state index is 0.206. The van der Waals surface area contributed by atoms with Crippen molar-refractivity contribution in [2.45, 2.75) is 19.9 Å². The lowest BCUT2D eigenvalue weighted by atomic mass is 10.1. The summed E-state index contributed by atoms with van der Waals surface area (Å²) in [6.45, 7) is 3.90. The first-order valence-electron chi connectivity index (χ1n) is 8.05. The lowest BCUT2D eigenvalue weighted by Gasteiger charge is -2.16. The number of methoxy groups -OCH3 is 2. The fraction of sp³-hybridized carbons (Fsp3) is 0.250. The van der Waals surface area contributed by atoms with Crippen LogP contribution in [0.15, 0.2) is 46.9 Å². The molecule has 1 atom stereocenters. The maximum absolute atomic E-state index is 12.5. The molecule has 1 unspecified atom stereocenters. The SMILES string of the molecule is COc1ccc(C(C)NC(=O)c2cc3ccc(C)cc3o2)cc1OC. The van der Waals surface area contributed by atoms with Crippen LogP contribution in [0, 0.1) is 6.92 Å². The molecule has 0 radical (unpaired) electrons. The molecule has 5 nitrogen and oxygen atoms in total. The standard InChI is InChI=1S/C20H21NO4/c1-12-5-6-15-11-19(25-17(15)9-12)20(22)21-13(2)14-7-8-16(23-3)18(10-14)24-4/h5-11,13H,1-4H3,(H,21,22). The van der Waals surface area contributed by atoms with Gasteiger partial charge in [0, 0.05) is 5.39 Å². The number of amides is 1. The average Bonchev–Trinajstić information content (AvgIpc) is 3.04. The average molecular weight is 339 g/mol. The van der Waals surface area contributed by atoms with Gasteiger partial charge in [-0.15, -0.1) is 0 Å². The molecule has 5 heteroatoms. The number of carbonyl (C=O) groups is 1. The van der Waals surface area contributed by atoms with E-state index < -0.39 is 0 Å². The van der Waals surface area contributed by atoms with E-state index in [0.29, 0.717) is 22.8 Å². The predicted octanol–water partition coefficient (Wildman–Crippen LogP) is 4.25. The molecule has 3 aromatic rings. The van der Waals surface area contributed by atoms with Crippen molar-refractivity contribution in [3.05, 3.63) is 59.4 Å². The molecular weight excluding hydrogens is 318 g/mol. The zero-order valence-corrected chi connectivity index (χ0v) is 14.8. The Kier molecular flexibility index (Phi) is 4.65. The van der Waals surface area contributed by atoms with E-state index in [2.05, 4.69) is 5.32 Å². The normalized spacial score (nSPS) is 12.0. The van der Waals surface area contributed by atoms with Crippen LogP contribution in [0.5, 0.6) is 11.5 Å². The maximum atomic E-state index is 12.5. The second-order valence-corrected chi connectivity index (χ2v) is 5.96. The molecule has 1 N–H and O–H groups in total. The molecule has 0 bridgehead atoms. The van der Waals surface area contributed by atoms with Gasteiger partial charge in [0.2, 0.25) is 0 Å². The summed E-state index contributed by atoms with van der Waals surface area (Å²) in [5, 5.41) is 3.86. The Morgan fingerprint density at radius 1 is 1.04 bits per heavy atom. The Morgan fingerprint density at radius 2 is 1.80 bits per heavy atom. The third kappa shape index (κ3) is 3.45. The number of furan rings is 1. The van der Waals surface area contributed by atoms with Crippen molar-refractivity contribution in [1.29, 1.82) is 0 Å². The van der Waals surface area contributed by atoms with E-state index in [0.717, 1.165) is 16.5 Å². The molecule has 0 aliphatic heterocycles. The van der Waals surface area contributed by atoms with Crippen molar-refractivity contribution >= 4 is 16.9 Å². The monoisotopic (exact) mass is 339 g/mol. The summed E-state index contributed by atoms with van der Waals surface area (Å²) in [4.78, 5) is 12.5. The van der Waals surface area contributed by atoms with Crippen LogP contribution in [0.1, 0.15) is 34.6 Å². The van der Waals surface area contributed by atoms with E-state index in [4.69, 9.17) is 13.9 Å². The highest BCUT2D eigenvalue weighted by atomic mass is 16.5. The second kappa shape index (κ2) is 6.89. The van der Waals surface area contributed by atoms with Crippen molar-refractivity contribution in [2.24, 2.45) is 0 Å². The van der Waals surface area contributed by atoms with Crippen LogP contribution in [0.4, 0.5) is 0 Å². The first kappa shape index (κ1) is 16.9. The van der Waals surface area contributed by atoms with Crippen molar-refractivity contribution < 1.29 is 18.7 Å². The molecule has 1 aromatic heterocycles. The van der Waals surface area contributed by atoms with Gasteiger partial charge in [0.25, 0.3) is 5.91 Å². The van der Waals surface area contributed by atoms with Gasteiger partial charge in [0.15, 0.2) is 17.3 Å². The van der Waals surface area contributed by atoms with Gasteiger partial charge in [-0.1, -0.05) is 18.2 Å². The van der Waals surface area contributed by atoms with Gasteiger partial charge in [0.05, 0.1) is 20.3 Å². The molecular formula is C20H21NO4. The zero-order valence-electron chi connectivity index (χ0n) is 14.8. The molecule has 0 aliphatic rings. The highest BCUT2D eigenvalue weighted by Gasteiger charge is 2.17. The molecule has 0 aliphatic carbocycles. The largest absolute Gasteiger partial charge is 0.493 e. The van der Waals surface area contributed by atoms with E-state index in [1.165, 1.54) is 0 Å². The Hall–Kier alpha value is -2.95. The fourth-order valence-electron chi connectivity index (χ4n) is 2.72. The number of nitrogens with one attached hydrogen (secondary N) is 1. The molecule has 3 rings (SSSR count). The topological polar surface area (TPSA) is 60.7 Å². The van der Waals surface area contributed by atoms with Crippen LogP contribution in [0.25, 0.3) is 11.0 Å². The highest BCUT2D eigenvalue weighted by Crippen LogP contribution is 2.30. The molecule has 0 saturated heterocycles. The van der Waals surface area contributed by atoms with E-state index in [9.17, 15) is 4.79 Å². The summed E-state index contributed by atoms with van der Waals surface area (Å²) in [6, 6.07) is 13.0. The number of hydrogen-bond acceptors (Lipinski definition) is 4. The van der Waals surface area contributed by atoms with E-state index in [1.54, 1.807) is 20.3 Å². The van der Waals surface area contributed by atoms with Crippen molar-refractivity contribution in [1.82, 2.24) is 5.32 Å². The molecule has 0 spiro atoms. The minimum Gasteiger partial charge on any atom is -0.493 e. The molecule has 0 saturated carbocycles. The lowest BCUT2D eigenvalue weighted by molar-refractivity contribution is 0.0914. The van der Waals surface area contributed by atoms with Crippen LogP contribution < -0.4 is 14.8 Å². The van der Waals surface area contributed by atoms with Crippen LogP contribution in [0.3, 0.4) is 0 Å². The van der Waals surface area contributed by atoms with Crippen LogP contribution in [-0.2, 0) is 0 Å². The van der Waals surface area contributed by atoms with Crippen LogP contribution in [0.2, 0.25) is 0 Å². The van der Waals surface area contributed by atoms with Crippen LogP contribution >= 0.6 is 0 Å². The molecule has 1 amide bonds. The predicted molar refractivity (Wildman–Crippen MR) is 96.4 cm³/mol. The molecule has 25 heavy (non-hydrogen) atoms. The van der Waals surface area contributed by atoms with Crippen molar-refractivity contribution in [2.75, 3.05) is 14.2 Å². The fourth-order valence-corrected chi connectivity index (χ4v) is 2.72. The number of rotatable bonds is 5. The number of benzene rings is 2. The quantitative estimate of drug-likeness (QED) is 0.755. The zero-order chi connectivity index (χ0) is 18.0. The Morgan fingerprint density at radius 3 is 2.52 bits per heavy atom. The van der Waals surface area contributed by atoms with Gasteiger partial charge in [-0.3, -0.25) is 4.79 Å². The summed E-state index contributed by atoms with van der Waals surface area (Å²) in [5.74, 6) is 1.32. The summed E-state index contributed by atoms with van der Waals surface area (Å²) in [6.07, 6.45) is 0. The van der Waals surface area contributed by atoms with E-state index in [1.807, 2.05) is 50.2 Å². The maximum Gasteiger partial charge on any atom is 0.287 e. The Labute approximate surface area is 146 Å². The van der Waals surface area contributed by atoms with E-state index in [-0.39, 0.29) is 11.9 Å².